The van der Waals surface area contributed by atoms with Crippen molar-refractivity contribution in [3.8, 4) is 0 Å². The van der Waals surface area contributed by atoms with Crippen LogP contribution in [0.5, 0.6) is 0 Å². The molecule has 0 atom stereocenters. The molecule has 0 heterocycles. The van der Waals surface area contributed by atoms with Crippen LogP contribution in [0.25, 0.3) is 0 Å². The Morgan fingerprint density at radius 3 is 2.19 bits per heavy atom. The Morgan fingerprint density at radius 2 is 1.67 bits per heavy atom. The molecule has 0 bridgehead atoms. The van der Waals surface area contributed by atoms with Crippen molar-refractivity contribution in [2.75, 3.05) is 13.1 Å². The molecule has 0 aliphatic heterocycles. The molecule has 2 rings (SSSR count). The second-order valence-corrected chi connectivity index (χ2v) is 5.79. The minimum Gasteiger partial charge on any atom is -0.329 e. The van der Waals surface area contributed by atoms with E-state index in [0.29, 0.717) is 19.4 Å². The number of nitrogens with zero attached hydrogens (tertiary/aromatic N) is 1. The largest absolute Gasteiger partial charge is 0.391 e. The van der Waals surface area contributed by atoms with E-state index in [2.05, 4.69) is 4.90 Å². The van der Waals surface area contributed by atoms with Gasteiger partial charge in [-0.05, 0) is 31.2 Å². The molecule has 1 fully saturated rings. The van der Waals surface area contributed by atoms with Gasteiger partial charge in [0, 0.05) is 25.7 Å². The Morgan fingerprint density at radius 1 is 1.05 bits per heavy atom. The van der Waals surface area contributed by atoms with Gasteiger partial charge >= 0.3 is 6.18 Å². The van der Waals surface area contributed by atoms with Crippen molar-refractivity contribution >= 4 is 0 Å². The fraction of sp³-hybridized carbons (Fsp3) is 0.625. The lowest BCUT2D eigenvalue weighted by Crippen LogP contribution is -2.42. The van der Waals surface area contributed by atoms with Crippen LogP contribution in [0.1, 0.15) is 31.2 Å². The van der Waals surface area contributed by atoms with Crippen LogP contribution in [-0.2, 0) is 6.54 Å². The minimum absolute atomic E-state index is 0.215. The molecule has 0 unspecified atom stereocenters. The number of rotatable bonds is 5. The zero-order valence-corrected chi connectivity index (χ0v) is 12.1. The molecule has 0 saturated heterocycles. The molecule has 0 radical (unpaired) electrons. The van der Waals surface area contributed by atoms with Gasteiger partial charge in [0.2, 0.25) is 0 Å². The smallest absolute Gasteiger partial charge is 0.329 e. The molecule has 0 spiro atoms. The topological polar surface area (TPSA) is 29.3 Å². The van der Waals surface area contributed by atoms with Crippen molar-refractivity contribution in [1.29, 1.82) is 0 Å². The minimum atomic E-state index is -4.04. The van der Waals surface area contributed by atoms with Gasteiger partial charge in [0.25, 0.3) is 0 Å². The van der Waals surface area contributed by atoms with Crippen LogP contribution in [0, 0.1) is 5.92 Å². The maximum Gasteiger partial charge on any atom is 0.391 e. The van der Waals surface area contributed by atoms with Gasteiger partial charge in [-0.3, -0.25) is 4.90 Å². The second-order valence-electron chi connectivity index (χ2n) is 5.79. The van der Waals surface area contributed by atoms with E-state index in [1.165, 1.54) is 5.56 Å². The molecule has 1 aliphatic carbocycles. The van der Waals surface area contributed by atoms with Gasteiger partial charge in [-0.2, -0.15) is 13.2 Å². The van der Waals surface area contributed by atoms with Crippen molar-refractivity contribution in [1.82, 2.24) is 4.90 Å². The standard InChI is InChI=1S/C16H23F3N2/c17-16(18,19)14-6-8-15(9-7-14)21(11-10-20)12-13-4-2-1-3-5-13/h1-5,14-15H,6-12,20H2. The van der Waals surface area contributed by atoms with Gasteiger partial charge in [0.15, 0.2) is 0 Å². The highest BCUT2D eigenvalue weighted by Gasteiger charge is 2.42. The van der Waals surface area contributed by atoms with Crippen molar-refractivity contribution < 1.29 is 13.2 Å². The summed E-state index contributed by atoms with van der Waals surface area (Å²) in [5.74, 6) is -1.12. The summed E-state index contributed by atoms with van der Waals surface area (Å²) in [5.41, 5.74) is 6.85. The van der Waals surface area contributed by atoms with E-state index in [1.54, 1.807) is 0 Å². The van der Waals surface area contributed by atoms with Crippen molar-refractivity contribution in [3.05, 3.63) is 35.9 Å². The summed E-state index contributed by atoms with van der Waals surface area (Å²) in [6, 6.07) is 10.2. The SMILES string of the molecule is NCCN(Cc1ccccc1)C1CCC(C(F)(F)F)CC1. The van der Waals surface area contributed by atoms with Crippen LogP contribution in [0.4, 0.5) is 13.2 Å². The molecular weight excluding hydrogens is 277 g/mol. The van der Waals surface area contributed by atoms with Gasteiger partial charge in [-0.1, -0.05) is 30.3 Å². The number of hydrogen-bond acceptors (Lipinski definition) is 2. The van der Waals surface area contributed by atoms with Crippen LogP contribution >= 0.6 is 0 Å². The number of alkyl halides is 3. The first-order chi connectivity index (χ1) is 10.0. The van der Waals surface area contributed by atoms with E-state index < -0.39 is 12.1 Å². The van der Waals surface area contributed by atoms with Gasteiger partial charge in [-0.15, -0.1) is 0 Å². The van der Waals surface area contributed by atoms with E-state index in [-0.39, 0.29) is 18.9 Å². The molecule has 1 aliphatic rings. The average Bonchev–Trinajstić information content (AvgIpc) is 2.47. The van der Waals surface area contributed by atoms with E-state index in [1.807, 2.05) is 30.3 Å². The first-order valence-electron chi connectivity index (χ1n) is 7.55. The molecule has 1 aromatic rings. The lowest BCUT2D eigenvalue weighted by atomic mass is 9.84. The number of nitrogens with two attached hydrogens (primary N) is 1. The van der Waals surface area contributed by atoms with Gasteiger partial charge in [0.1, 0.15) is 0 Å². The molecule has 5 heteroatoms. The number of benzene rings is 1. The lowest BCUT2D eigenvalue weighted by Gasteiger charge is -2.37. The molecule has 0 amide bonds. The van der Waals surface area contributed by atoms with E-state index in [0.717, 1.165) is 13.1 Å². The zero-order chi connectivity index (χ0) is 15.3. The van der Waals surface area contributed by atoms with Crippen LogP contribution in [-0.4, -0.2) is 30.2 Å². The lowest BCUT2D eigenvalue weighted by molar-refractivity contribution is -0.184. The molecule has 2 N–H and O–H groups in total. The Kier molecular flexibility index (Phi) is 5.65. The Hall–Kier alpha value is -1.07. The Labute approximate surface area is 124 Å². The molecule has 1 saturated carbocycles. The summed E-state index contributed by atoms with van der Waals surface area (Å²) in [7, 11) is 0. The monoisotopic (exact) mass is 300 g/mol. The van der Waals surface area contributed by atoms with Crippen molar-refractivity contribution in [2.24, 2.45) is 11.7 Å². The van der Waals surface area contributed by atoms with Crippen molar-refractivity contribution in [2.45, 2.75) is 44.4 Å². The highest BCUT2D eigenvalue weighted by Crippen LogP contribution is 2.38. The summed E-state index contributed by atoms with van der Waals surface area (Å²) in [5, 5.41) is 0. The molecular formula is C16H23F3N2. The van der Waals surface area contributed by atoms with Crippen LogP contribution in [0.2, 0.25) is 0 Å². The predicted octanol–water partition coefficient (Wildman–Crippen LogP) is 3.57. The third kappa shape index (κ3) is 4.71. The number of halogens is 3. The third-order valence-electron chi connectivity index (χ3n) is 4.32. The highest BCUT2D eigenvalue weighted by atomic mass is 19.4. The van der Waals surface area contributed by atoms with Crippen LogP contribution < -0.4 is 5.73 Å². The van der Waals surface area contributed by atoms with Gasteiger partial charge in [0.05, 0.1) is 5.92 Å². The molecule has 1 aromatic carbocycles. The zero-order valence-electron chi connectivity index (χ0n) is 12.1. The van der Waals surface area contributed by atoms with E-state index in [4.69, 9.17) is 5.73 Å². The Balaban J connectivity index is 1.94. The van der Waals surface area contributed by atoms with Crippen LogP contribution in [0.3, 0.4) is 0 Å². The summed E-state index contributed by atoms with van der Waals surface area (Å²) in [6.45, 7) is 2.03. The fourth-order valence-electron chi connectivity index (χ4n) is 3.14. The molecule has 2 nitrogen and oxygen atoms in total. The van der Waals surface area contributed by atoms with E-state index >= 15 is 0 Å². The van der Waals surface area contributed by atoms with Crippen molar-refractivity contribution in [3.63, 3.8) is 0 Å². The van der Waals surface area contributed by atoms with E-state index in [9.17, 15) is 13.2 Å². The second kappa shape index (κ2) is 7.27. The van der Waals surface area contributed by atoms with Gasteiger partial charge in [-0.25, -0.2) is 0 Å². The predicted molar refractivity (Wildman–Crippen MR) is 77.7 cm³/mol. The average molecular weight is 300 g/mol. The number of hydrogen-bond donors (Lipinski definition) is 1. The normalized spacial score (nSPS) is 23.5. The fourth-order valence-corrected chi connectivity index (χ4v) is 3.14. The summed E-state index contributed by atoms with van der Waals surface area (Å²) in [4.78, 5) is 2.24. The van der Waals surface area contributed by atoms with Gasteiger partial charge < -0.3 is 5.73 Å². The molecule has 21 heavy (non-hydrogen) atoms. The highest BCUT2D eigenvalue weighted by molar-refractivity contribution is 5.14. The quantitative estimate of drug-likeness (QED) is 0.901. The Bertz CT molecular complexity index is 411. The summed E-state index contributed by atoms with van der Waals surface area (Å²) >= 11 is 0. The maximum absolute atomic E-state index is 12.7. The molecule has 0 aromatic heterocycles. The third-order valence-corrected chi connectivity index (χ3v) is 4.32. The first-order valence-corrected chi connectivity index (χ1v) is 7.55. The molecule has 118 valence electrons. The maximum atomic E-state index is 12.7. The first kappa shape index (κ1) is 16.3. The summed E-state index contributed by atoms with van der Waals surface area (Å²) < 4.78 is 38.2. The summed E-state index contributed by atoms with van der Waals surface area (Å²) in [6.07, 6.45) is -2.34. The van der Waals surface area contributed by atoms with Crippen LogP contribution in [0.15, 0.2) is 30.3 Å².